The Labute approximate surface area is 176 Å². The van der Waals surface area contributed by atoms with Gasteiger partial charge < -0.3 is 10.2 Å². The summed E-state index contributed by atoms with van der Waals surface area (Å²) in [5.74, 6) is -1.21. The summed E-state index contributed by atoms with van der Waals surface area (Å²) in [6, 6.07) is 12.1. The van der Waals surface area contributed by atoms with E-state index in [0.29, 0.717) is 28.0 Å². The molecule has 0 spiro atoms. The minimum Gasteiger partial charge on any atom is -0.328 e. The number of rotatable bonds is 6. The van der Waals surface area contributed by atoms with Gasteiger partial charge in [0.25, 0.3) is 5.91 Å². The first-order valence-corrected chi connectivity index (χ1v) is 9.49. The van der Waals surface area contributed by atoms with Crippen LogP contribution in [0.4, 0.5) is 10.1 Å². The van der Waals surface area contributed by atoms with Gasteiger partial charge >= 0.3 is 0 Å². The SMILES string of the molecule is CCN(CC(=O)Nc1c(Cl)cccc1Cl)C(=O)c1ccn(-c2ccc(F)cc2)n1. The van der Waals surface area contributed by atoms with Crippen LogP contribution in [0.5, 0.6) is 0 Å². The van der Waals surface area contributed by atoms with Crippen molar-refractivity contribution in [2.45, 2.75) is 6.92 Å². The van der Waals surface area contributed by atoms with Gasteiger partial charge in [0.2, 0.25) is 5.91 Å². The highest BCUT2D eigenvalue weighted by Crippen LogP contribution is 2.29. The average molecular weight is 435 g/mol. The fourth-order valence-electron chi connectivity index (χ4n) is 2.63. The Morgan fingerprint density at radius 1 is 1.10 bits per heavy atom. The van der Waals surface area contributed by atoms with Crippen LogP contribution in [0, 0.1) is 5.82 Å². The van der Waals surface area contributed by atoms with Crippen LogP contribution < -0.4 is 5.32 Å². The smallest absolute Gasteiger partial charge is 0.274 e. The van der Waals surface area contributed by atoms with Crippen molar-refractivity contribution in [2.24, 2.45) is 0 Å². The number of amides is 2. The number of carbonyl (C=O) groups is 2. The Kier molecular flexibility index (Phi) is 6.51. The number of aromatic nitrogens is 2. The van der Waals surface area contributed by atoms with E-state index < -0.39 is 11.8 Å². The number of nitrogens with zero attached hydrogens (tertiary/aromatic N) is 3. The second-order valence-electron chi connectivity index (χ2n) is 6.09. The molecule has 3 rings (SSSR count). The number of hydrogen-bond acceptors (Lipinski definition) is 3. The number of benzene rings is 2. The Balaban J connectivity index is 1.70. The van der Waals surface area contributed by atoms with E-state index in [-0.39, 0.29) is 18.1 Å². The van der Waals surface area contributed by atoms with Gasteiger partial charge in [0.05, 0.1) is 21.4 Å². The maximum Gasteiger partial charge on any atom is 0.274 e. The van der Waals surface area contributed by atoms with Crippen LogP contribution in [0.15, 0.2) is 54.7 Å². The van der Waals surface area contributed by atoms with E-state index in [2.05, 4.69) is 10.4 Å². The molecule has 2 aromatic carbocycles. The summed E-state index contributed by atoms with van der Waals surface area (Å²) >= 11 is 12.1. The quantitative estimate of drug-likeness (QED) is 0.624. The summed E-state index contributed by atoms with van der Waals surface area (Å²) in [5.41, 5.74) is 1.07. The molecule has 0 radical (unpaired) electrons. The lowest BCUT2D eigenvalue weighted by Crippen LogP contribution is -2.38. The van der Waals surface area contributed by atoms with Crippen LogP contribution >= 0.6 is 23.2 Å². The summed E-state index contributed by atoms with van der Waals surface area (Å²) in [6.45, 7) is 1.86. The molecule has 0 unspecified atom stereocenters. The number of likely N-dealkylation sites (N-methyl/N-ethyl adjacent to an activating group) is 1. The molecule has 0 bridgehead atoms. The summed E-state index contributed by atoms with van der Waals surface area (Å²) in [5, 5.41) is 7.46. The highest BCUT2D eigenvalue weighted by Gasteiger charge is 2.21. The summed E-state index contributed by atoms with van der Waals surface area (Å²) in [4.78, 5) is 26.5. The Bertz CT molecular complexity index is 1020. The van der Waals surface area contributed by atoms with Crippen molar-refractivity contribution in [1.29, 1.82) is 0 Å². The van der Waals surface area contributed by atoms with Gasteiger partial charge in [-0.3, -0.25) is 9.59 Å². The van der Waals surface area contributed by atoms with Gasteiger partial charge in [-0.25, -0.2) is 9.07 Å². The van der Waals surface area contributed by atoms with E-state index in [1.54, 1.807) is 43.5 Å². The molecule has 0 aliphatic rings. The summed E-state index contributed by atoms with van der Waals surface area (Å²) in [6.07, 6.45) is 1.60. The highest BCUT2D eigenvalue weighted by atomic mass is 35.5. The maximum atomic E-state index is 13.1. The lowest BCUT2D eigenvalue weighted by Gasteiger charge is -2.19. The fourth-order valence-corrected chi connectivity index (χ4v) is 3.13. The molecule has 3 aromatic rings. The molecule has 0 atom stereocenters. The van der Waals surface area contributed by atoms with Crippen LogP contribution in [0.1, 0.15) is 17.4 Å². The van der Waals surface area contributed by atoms with Gasteiger partial charge in [-0.15, -0.1) is 0 Å². The van der Waals surface area contributed by atoms with Crippen molar-refractivity contribution in [3.63, 3.8) is 0 Å². The molecule has 2 amide bonds. The molecule has 1 N–H and O–H groups in total. The van der Waals surface area contributed by atoms with Crippen molar-refractivity contribution in [1.82, 2.24) is 14.7 Å². The molecule has 150 valence electrons. The monoisotopic (exact) mass is 434 g/mol. The molecule has 0 aliphatic carbocycles. The number of para-hydroxylation sites is 1. The van der Waals surface area contributed by atoms with Crippen LogP contribution in [0.3, 0.4) is 0 Å². The topological polar surface area (TPSA) is 67.2 Å². The third-order valence-corrected chi connectivity index (χ3v) is 4.76. The molecule has 1 aromatic heterocycles. The molecule has 0 saturated heterocycles. The highest BCUT2D eigenvalue weighted by molar-refractivity contribution is 6.39. The zero-order valence-electron chi connectivity index (χ0n) is 15.4. The fraction of sp³-hybridized carbons (Fsp3) is 0.150. The van der Waals surface area contributed by atoms with E-state index in [4.69, 9.17) is 23.2 Å². The Morgan fingerprint density at radius 2 is 1.76 bits per heavy atom. The van der Waals surface area contributed by atoms with Gasteiger partial charge in [-0.1, -0.05) is 29.3 Å². The number of anilines is 1. The Hall–Kier alpha value is -2.90. The van der Waals surface area contributed by atoms with E-state index in [1.807, 2.05) is 0 Å². The van der Waals surface area contributed by atoms with E-state index >= 15 is 0 Å². The lowest BCUT2D eigenvalue weighted by atomic mass is 10.3. The first-order valence-electron chi connectivity index (χ1n) is 8.73. The molecule has 9 heteroatoms. The second kappa shape index (κ2) is 9.07. The number of nitrogens with one attached hydrogen (secondary N) is 1. The van der Waals surface area contributed by atoms with Crippen LogP contribution in [0.25, 0.3) is 5.69 Å². The first-order chi connectivity index (χ1) is 13.9. The van der Waals surface area contributed by atoms with Gasteiger partial charge in [0, 0.05) is 12.7 Å². The largest absolute Gasteiger partial charge is 0.328 e. The van der Waals surface area contributed by atoms with Gasteiger partial charge in [0.1, 0.15) is 12.4 Å². The van der Waals surface area contributed by atoms with Crippen molar-refractivity contribution >= 4 is 40.7 Å². The molecule has 6 nitrogen and oxygen atoms in total. The van der Waals surface area contributed by atoms with Crippen LogP contribution in [0.2, 0.25) is 10.0 Å². The third-order valence-electron chi connectivity index (χ3n) is 4.13. The van der Waals surface area contributed by atoms with Crippen molar-refractivity contribution < 1.29 is 14.0 Å². The summed E-state index contributed by atoms with van der Waals surface area (Å²) in [7, 11) is 0. The predicted molar refractivity (Wildman–Crippen MR) is 110 cm³/mol. The number of halogens is 3. The summed E-state index contributed by atoms with van der Waals surface area (Å²) < 4.78 is 14.5. The molecule has 0 aliphatic heterocycles. The minimum atomic E-state index is -0.437. The molecule has 29 heavy (non-hydrogen) atoms. The van der Waals surface area contributed by atoms with Crippen molar-refractivity contribution in [2.75, 3.05) is 18.4 Å². The molecular weight excluding hydrogens is 418 g/mol. The molecule has 0 saturated carbocycles. The van der Waals surface area contributed by atoms with Gasteiger partial charge in [0.15, 0.2) is 5.69 Å². The van der Waals surface area contributed by atoms with Crippen molar-refractivity contribution in [3.05, 3.63) is 76.3 Å². The van der Waals surface area contributed by atoms with Crippen LogP contribution in [-0.4, -0.2) is 39.6 Å². The normalized spacial score (nSPS) is 10.6. The average Bonchev–Trinajstić information content (AvgIpc) is 3.19. The molecular formula is C20H17Cl2FN4O2. The maximum absolute atomic E-state index is 13.1. The number of hydrogen-bond donors (Lipinski definition) is 1. The van der Waals surface area contributed by atoms with Crippen molar-refractivity contribution in [3.8, 4) is 5.69 Å². The molecule has 1 heterocycles. The standard InChI is InChI=1S/C20H17Cl2FN4O2/c1-2-26(12-18(28)24-19-15(21)4-3-5-16(19)22)20(29)17-10-11-27(25-17)14-8-6-13(23)7-9-14/h3-11H,2,12H2,1H3,(H,24,28). The van der Waals surface area contributed by atoms with E-state index in [1.165, 1.54) is 27.8 Å². The van der Waals surface area contributed by atoms with Crippen LogP contribution in [-0.2, 0) is 4.79 Å². The Morgan fingerprint density at radius 3 is 2.38 bits per heavy atom. The predicted octanol–water partition coefficient (Wildman–Crippen LogP) is 4.42. The zero-order valence-corrected chi connectivity index (χ0v) is 16.9. The second-order valence-corrected chi connectivity index (χ2v) is 6.90. The minimum absolute atomic E-state index is 0.166. The first kappa shape index (κ1) is 20.8. The zero-order chi connectivity index (χ0) is 21.0. The van der Waals surface area contributed by atoms with E-state index in [9.17, 15) is 14.0 Å². The lowest BCUT2D eigenvalue weighted by molar-refractivity contribution is -0.116. The van der Waals surface area contributed by atoms with E-state index in [0.717, 1.165) is 0 Å². The van der Waals surface area contributed by atoms with Gasteiger partial charge in [-0.2, -0.15) is 5.10 Å². The van der Waals surface area contributed by atoms with Gasteiger partial charge in [-0.05, 0) is 49.4 Å². The molecule has 0 fully saturated rings. The number of carbonyl (C=O) groups excluding carboxylic acids is 2. The third kappa shape index (κ3) is 4.93.